The molecule has 35 heavy (non-hydrogen) atoms. The summed E-state index contributed by atoms with van der Waals surface area (Å²) in [6, 6.07) is 37.5. The van der Waals surface area contributed by atoms with Crippen LogP contribution >= 0.6 is 0 Å². The lowest BCUT2D eigenvalue weighted by molar-refractivity contribution is 0.450. The molecule has 5 aromatic carbocycles. The van der Waals surface area contributed by atoms with E-state index in [2.05, 4.69) is 12.1 Å². The Balaban J connectivity index is 1.29. The second kappa shape index (κ2) is 7.99. The number of hydrogen-bond acceptors (Lipinski definition) is 4. The van der Waals surface area contributed by atoms with Crippen LogP contribution in [0.15, 0.2) is 115 Å². The Kier molecular flexibility index (Phi) is 4.52. The van der Waals surface area contributed by atoms with Gasteiger partial charge in [-0.1, -0.05) is 54.6 Å². The van der Waals surface area contributed by atoms with E-state index >= 15 is 0 Å². The molecule has 0 amide bonds. The van der Waals surface area contributed by atoms with Crippen molar-refractivity contribution in [3.8, 4) is 46.0 Å². The number of fused-ring (bicyclic) bond motifs is 4. The summed E-state index contributed by atoms with van der Waals surface area (Å²) < 4.78 is 24.8. The summed E-state index contributed by atoms with van der Waals surface area (Å²) in [5.74, 6) is 6.19. The molecule has 2 aliphatic rings. The van der Waals surface area contributed by atoms with Crippen molar-refractivity contribution in [2.45, 2.75) is 0 Å². The Labute approximate surface area is 203 Å². The van der Waals surface area contributed by atoms with E-state index in [1.54, 1.807) is 0 Å². The maximum absolute atomic E-state index is 6.34. The van der Waals surface area contributed by atoms with Crippen LogP contribution in [0, 0.1) is 0 Å². The van der Waals surface area contributed by atoms with Crippen molar-refractivity contribution in [1.29, 1.82) is 0 Å². The standard InChI is InChI=1S/C30H19BO4/c1-3-8-20(9-4-1)32-22-14-16-24-28(18-22)34-26-12-7-13-27-30(26)31(24)25-17-15-23(19-29(25)35-27)33-21-10-5-2-6-11-21/h1-19H. The van der Waals surface area contributed by atoms with Gasteiger partial charge in [0.05, 0.1) is 0 Å². The molecule has 0 fully saturated rings. The normalized spacial score (nSPS) is 12.4. The van der Waals surface area contributed by atoms with Gasteiger partial charge in [0.15, 0.2) is 0 Å². The van der Waals surface area contributed by atoms with Gasteiger partial charge in [0.25, 0.3) is 6.71 Å². The molecule has 0 radical (unpaired) electrons. The molecule has 166 valence electrons. The van der Waals surface area contributed by atoms with Gasteiger partial charge in [0.2, 0.25) is 0 Å². The maximum Gasteiger partial charge on any atom is 0.260 e. The predicted octanol–water partition coefficient (Wildman–Crippen LogP) is 6.00. The minimum absolute atomic E-state index is 0.00903. The highest BCUT2D eigenvalue weighted by Crippen LogP contribution is 2.37. The Morgan fingerprint density at radius 3 is 1.40 bits per heavy atom. The van der Waals surface area contributed by atoms with E-state index in [0.29, 0.717) is 0 Å². The van der Waals surface area contributed by atoms with E-state index in [1.165, 1.54) is 0 Å². The van der Waals surface area contributed by atoms with Gasteiger partial charge in [0, 0.05) is 17.6 Å². The topological polar surface area (TPSA) is 36.9 Å². The van der Waals surface area contributed by atoms with Gasteiger partial charge in [-0.25, -0.2) is 0 Å². The molecule has 0 spiro atoms. The first-order valence-electron chi connectivity index (χ1n) is 11.5. The summed E-state index contributed by atoms with van der Waals surface area (Å²) in [6.45, 7) is -0.00903. The minimum Gasteiger partial charge on any atom is -0.458 e. The van der Waals surface area contributed by atoms with E-state index < -0.39 is 0 Å². The fraction of sp³-hybridized carbons (Fsp3) is 0. The molecule has 5 heteroatoms. The predicted molar refractivity (Wildman–Crippen MR) is 137 cm³/mol. The minimum atomic E-state index is -0.00903. The lowest BCUT2D eigenvalue weighted by atomic mass is 9.35. The molecule has 0 unspecified atom stereocenters. The third kappa shape index (κ3) is 3.49. The van der Waals surface area contributed by atoms with Crippen molar-refractivity contribution in [2.75, 3.05) is 0 Å². The average Bonchev–Trinajstić information content (AvgIpc) is 2.89. The molecule has 0 atom stereocenters. The molecule has 2 heterocycles. The van der Waals surface area contributed by atoms with Crippen LogP contribution in [0.1, 0.15) is 0 Å². The highest BCUT2D eigenvalue weighted by Gasteiger charge is 2.40. The molecule has 7 rings (SSSR count). The van der Waals surface area contributed by atoms with Crippen LogP contribution in [0.25, 0.3) is 0 Å². The lowest BCUT2D eigenvalue weighted by Gasteiger charge is -2.33. The average molecular weight is 454 g/mol. The van der Waals surface area contributed by atoms with Crippen LogP contribution in [0.4, 0.5) is 0 Å². The fourth-order valence-electron chi connectivity index (χ4n) is 4.76. The van der Waals surface area contributed by atoms with Crippen molar-refractivity contribution < 1.29 is 18.9 Å². The third-order valence-electron chi connectivity index (χ3n) is 6.30. The molecular formula is C30H19BO4. The first-order chi connectivity index (χ1) is 17.3. The SMILES string of the molecule is c1ccc(Oc2ccc3c(c2)Oc2cccc4c2B3c2ccc(Oc3ccccc3)cc2O4)cc1. The molecule has 5 aromatic rings. The van der Waals surface area contributed by atoms with Crippen LogP contribution in [-0.4, -0.2) is 6.71 Å². The second-order valence-corrected chi connectivity index (χ2v) is 8.53. The molecule has 0 N–H and O–H groups in total. The summed E-state index contributed by atoms with van der Waals surface area (Å²) in [4.78, 5) is 0. The monoisotopic (exact) mass is 454 g/mol. The van der Waals surface area contributed by atoms with Crippen molar-refractivity contribution in [1.82, 2.24) is 0 Å². The summed E-state index contributed by atoms with van der Waals surface area (Å²) >= 11 is 0. The summed E-state index contributed by atoms with van der Waals surface area (Å²) in [7, 11) is 0. The zero-order valence-corrected chi connectivity index (χ0v) is 18.7. The van der Waals surface area contributed by atoms with Crippen LogP contribution in [0.5, 0.6) is 46.0 Å². The molecule has 0 saturated carbocycles. The molecule has 0 aromatic heterocycles. The van der Waals surface area contributed by atoms with Gasteiger partial charge >= 0.3 is 0 Å². The van der Waals surface area contributed by atoms with Gasteiger partial charge < -0.3 is 18.9 Å². The maximum atomic E-state index is 6.34. The summed E-state index contributed by atoms with van der Waals surface area (Å²) in [5.41, 5.74) is 3.19. The zero-order chi connectivity index (χ0) is 23.2. The number of benzene rings is 5. The van der Waals surface area contributed by atoms with Crippen LogP contribution < -0.4 is 35.3 Å². The van der Waals surface area contributed by atoms with E-state index in [0.717, 1.165) is 62.4 Å². The number of hydrogen-bond donors (Lipinski definition) is 0. The van der Waals surface area contributed by atoms with Gasteiger partial charge in [-0.05, 0) is 59.5 Å². The molecule has 4 nitrogen and oxygen atoms in total. The Morgan fingerprint density at radius 1 is 0.429 bits per heavy atom. The molecule has 0 saturated heterocycles. The second-order valence-electron chi connectivity index (χ2n) is 8.53. The van der Waals surface area contributed by atoms with Crippen molar-refractivity contribution in [2.24, 2.45) is 0 Å². The lowest BCUT2D eigenvalue weighted by Crippen LogP contribution is -2.57. The fourth-order valence-corrected chi connectivity index (χ4v) is 4.76. The van der Waals surface area contributed by atoms with Crippen molar-refractivity contribution in [3.63, 3.8) is 0 Å². The Hall–Kier alpha value is -4.64. The van der Waals surface area contributed by atoms with Gasteiger partial charge in [-0.2, -0.15) is 0 Å². The highest BCUT2D eigenvalue weighted by atomic mass is 16.5. The van der Waals surface area contributed by atoms with E-state index in [4.69, 9.17) is 18.9 Å². The largest absolute Gasteiger partial charge is 0.458 e. The number of ether oxygens (including phenoxy) is 4. The van der Waals surface area contributed by atoms with Crippen LogP contribution in [0.3, 0.4) is 0 Å². The molecule has 0 aliphatic carbocycles. The van der Waals surface area contributed by atoms with E-state index in [9.17, 15) is 0 Å². The quantitative estimate of drug-likeness (QED) is 0.306. The highest BCUT2D eigenvalue weighted by molar-refractivity contribution is 6.98. The zero-order valence-electron chi connectivity index (χ0n) is 18.7. The van der Waals surface area contributed by atoms with Crippen LogP contribution in [0.2, 0.25) is 0 Å². The number of rotatable bonds is 4. The summed E-state index contributed by atoms with van der Waals surface area (Å²) in [5, 5.41) is 0. The Morgan fingerprint density at radius 2 is 0.914 bits per heavy atom. The van der Waals surface area contributed by atoms with Crippen molar-refractivity contribution in [3.05, 3.63) is 115 Å². The smallest absolute Gasteiger partial charge is 0.260 e. The third-order valence-corrected chi connectivity index (χ3v) is 6.30. The first kappa shape index (κ1) is 19.8. The first-order valence-corrected chi connectivity index (χ1v) is 11.5. The molecular weight excluding hydrogens is 435 g/mol. The van der Waals surface area contributed by atoms with E-state index in [-0.39, 0.29) is 6.71 Å². The molecule has 0 bridgehead atoms. The van der Waals surface area contributed by atoms with Gasteiger partial charge in [-0.3, -0.25) is 0 Å². The van der Waals surface area contributed by atoms with Gasteiger partial charge in [0.1, 0.15) is 46.0 Å². The Bertz CT molecular complexity index is 1440. The summed E-state index contributed by atoms with van der Waals surface area (Å²) in [6.07, 6.45) is 0. The van der Waals surface area contributed by atoms with Crippen LogP contribution in [-0.2, 0) is 0 Å². The van der Waals surface area contributed by atoms with E-state index in [1.807, 2.05) is 103 Å². The molecule has 2 aliphatic heterocycles. The van der Waals surface area contributed by atoms with Crippen molar-refractivity contribution >= 4 is 23.1 Å². The van der Waals surface area contributed by atoms with Gasteiger partial charge in [-0.15, -0.1) is 0 Å². The number of para-hydroxylation sites is 2.